The molecule has 0 saturated carbocycles. The lowest BCUT2D eigenvalue weighted by Gasteiger charge is -2.17. The number of sulfonamides is 1. The zero-order chi connectivity index (χ0) is 20.3. The maximum Gasteiger partial charge on any atom is 0.251 e. The lowest BCUT2D eigenvalue weighted by Crippen LogP contribution is -2.29. The van der Waals surface area contributed by atoms with Gasteiger partial charge in [-0.15, -0.1) is 6.42 Å². The van der Waals surface area contributed by atoms with E-state index in [4.69, 9.17) is 11.2 Å². The number of fused-ring (bicyclic) bond motifs is 1. The smallest absolute Gasteiger partial charge is 0.251 e. The van der Waals surface area contributed by atoms with Gasteiger partial charge in [-0.2, -0.15) is 4.72 Å². The van der Waals surface area contributed by atoms with E-state index in [1.54, 1.807) is 24.3 Å². The first-order valence-corrected chi connectivity index (χ1v) is 10.9. The molecule has 0 aliphatic carbocycles. The molecule has 1 aliphatic rings. The van der Waals surface area contributed by atoms with E-state index in [1.165, 1.54) is 13.2 Å². The zero-order valence-corrected chi connectivity index (χ0v) is 17.6. The van der Waals surface area contributed by atoms with Crippen molar-refractivity contribution in [2.24, 2.45) is 0 Å². The van der Waals surface area contributed by atoms with E-state index in [-0.39, 0.29) is 16.6 Å². The van der Waals surface area contributed by atoms with Crippen LogP contribution in [0.5, 0.6) is 5.75 Å². The summed E-state index contributed by atoms with van der Waals surface area (Å²) in [5.74, 6) is 2.33. The number of ether oxygens (including phenoxy) is 1. The van der Waals surface area contributed by atoms with Crippen LogP contribution >= 0.6 is 15.9 Å². The highest BCUT2D eigenvalue weighted by Crippen LogP contribution is 2.31. The molecule has 0 bridgehead atoms. The second-order valence-electron chi connectivity index (χ2n) is 6.30. The number of carbonyl (C=O) groups excluding carboxylic acids is 1. The first kappa shape index (κ1) is 20.4. The second kappa shape index (κ2) is 8.35. The van der Waals surface area contributed by atoms with Gasteiger partial charge in [0.05, 0.1) is 7.11 Å². The summed E-state index contributed by atoms with van der Waals surface area (Å²) in [7, 11) is -2.66. The number of aryl methyl sites for hydroxylation is 1. The average Bonchev–Trinajstić information content (AvgIpc) is 2.86. The van der Waals surface area contributed by atoms with Gasteiger partial charge in [-0.3, -0.25) is 4.79 Å². The van der Waals surface area contributed by atoms with Crippen molar-refractivity contribution in [1.82, 2.24) is 10.0 Å². The van der Waals surface area contributed by atoms with Gasteiger partial charge in [0, 0.05) is 16.6 Å². The molecule has 6 nitrogen and oxygen atoms in total. The number of halogens is 1. The van der Waals surface area contributed by atoms with E-state index in [0.29, 0.717) is 24.1 Å². The van der Waals surface area contributed by atoms with Crippen LogP contribution < -0.4 is 14.8 Å². The average molecular weight is 463 g/mol. The number of methoxy groups -OCH3 is 1. The molecule has 0 aromatic heterocycles. The zero-order valence-electron chi connectivity index (χ0n) is 15.2. The topological polar surface area (TPSA) is 84.5 Å². The van der Waals surface area contributed by atoms with E-state index < -0.39 is 16.1 Å². The minimum absolute atomic E-state index is 0.124. The van der Waals surface area contributed by atoms with Crippen LogP contribution in [0.4, 0.5) is 0 Å². The Bertz CT molecular complexity index is 1060. The van der Waals surface area contributed by atoms with E-state index in [2.05, 4.69) is 31.9 Å². The van der Waals surface area contributed by atoms with E-state index in [1.807, 2.05) is 6.07 Å². The highest BCUT2D eigenvalue weighted by Gasteiger charge is 2.27. The van der Waals surface area contributed by atoms with Crippen LogP contribution in [-0.4, -0.2) is 28.0 Å². The van der Waals surface area contributed by atoms with Gasteiger partial charge in [-0.1, -0.05) is 34.0 Å². The van der Waals surface area contributed by atoms with Crippen LogP contribution in [0.15, 0.2) is 45.8 Å². The predicted molar refractivity (Wildman–Crippen MR) is 110 cm³/mol. The molecular formula is C20H19BrN2O4S. The van der Waals surface area contributed by atoms with Crippen LogP contribution in [0.3, 0.4) is 0 Å². The normalized spacial score (nSPS) is 15.0. The molecule has 0 saturated heterocycles. The Balaban J connectivity index is 2.03. The summed E-state index contributed by atoms with van der Waals surface area (Å²) < 4.78 is 34.8. The summed E-state index contributed by atoms with van der Waals surface area (Å²) >= 11 is 3.35. The lowest BCUT2D eigenvalue weighted by atomic mass is 10.0. The summed E-state index contributed by atoms with van der Waals surface area (Å²) in [6.45, 7) is 0.540. The second-order valence-corrected chi connectivity index (χ2v) is 8.89. The van der Waals surface area contributed by atoms with E-state index in [9.17, 15) is 13.2 Å². The summed E-state index contributed by atoms with van der Waals surface area (Å²) in [5.41, 5.74) is 1.71. The molecule has 0 radical (unpaired) electrons. The highest BCUT2D eigenvalue weighted by molar-refractivity contribution is 9.10. The number of terminal acetylenes is 1. The molecule has 0 spiro atoms. The third kappa shape index (κ3) is 4.22. The molecule has 3 rings (SSSR count). The van der Waals surface area contributed by atoms with Gasteiger partial charge in [0.1, 0.15) is 16.7 Å². The highest BCUT2D eigenvalue weighted by atomic mass is 79.9. The third-order valence-electron chi connectivity index (χ3n) is 4.45. The summed E-state index contributed by atoms with van der Waals surface area (Å²) in [5, 5.41) is 2.77. The molecule has 1 atom stereocenters. The third-order valence-corrected chi connectivity index (χ3v) is 6.39. The summed E-state index contributed by atoms with van der Waals surface area (Å²) in [6.07, 6.45) is 7.00. The van der Waals surface area contributed by atoms with Gasteiger partial charge in [-0.25, -0.2) is 8.42 Å². The van der Waals surface area contributed by atoms with Gasteiger partial charge in [0.2, 0.25) is 10.0 Å². The van der Waals surface area contributed by atoms with Crippen molar-refractivity contribution in [3.05, 3.63) is 57.6 Å². The fourth-order valence-corrected chi connectivity index (χ4v) is 4.81. The van der Waals surface area contributed by atoms with Gasteiger partial charge >= 0.3 is 0 Å². The molecular weight excluding hydrogens is 444 g/mol. The largest absolute Gasteiger partial charge is 0.495 e. The van der Waals surface area contributed by atoms with Gasteiger partial charge < -0.3 is 10.1 Å². The maximum atomic E-state index is 13.1. The number of hydrogen-bond acceptors (Lipinski definition) is 4. The van der Waals surface area contributed by atoms with Crippen LogP contribution in [0.2, 0.25) is 0 Å². The van der Waals surface area contributed by atoms with Crippen molar-refractivity contribution in [1.29, 1.82) is 0 Å². The molecule has 2 aromatic rings. The number of nitrogens with one attached hydrogen (secondary N) is 2. The number of benzene rings is 2. The number of amides is 1. The van der Waals surface area contributed by atoms with Crippen molar-refractivity contribution in [3.63, 3.8) is 0 Å². The first-order chi connectivity index (χ1) is 13.4. The fraction of sp³-hybridized carbons (Fsp3) is 0.250. The van der Waals surface area contributed by atoms with Crippen molar-refractivity contribution in [2.45, 2.75) is 23.8 Å². The molecule has 28 heavy (non-hydrogen) atoms. The monoisotopic (exact) mass is 462 g/mol. The van der Waals surface area contributed by atoms with Crippen LogP contribution in [0.1, 0.15) is 33.9 Å². The van der Waals surface area contributed by atoms with Gasteiger partial charge in [0.25, 0.3) is 5.91 Å². The molecule has 1 aliphatic heterocycles. The molecule has 0 fully saturated rings. The predicted octanol–water partition coefficient (Wildman–Crippen LogP) is 2.79. The van der Waals surface area contributed by atoms with Crippen molar-refractivity contribution in [2.75, 3.05) is 13.7 Å². The van der Waals surface area contributed by atoms with Gasteiger partial charge in [0.15, 0.2) is 0 Å². The summed E-state index contributed by atoms with van der Waals surface area (Å²) in [4.78, 5) is 12.2. The number of carbonyl (C=O) groups is 1. The molecule has 2 aromatic carbocycles. The molecule has 1 amide bonds. The van der Waals surface area contributed by atoms with Crippen LogP contribution in [0, 0.1) is 12.3 Å². The fourth-order valence-electron chi connectivity index (χ4n) is 3.07. The van der Waals surface area contributed by atoms with E-state index >= 15 is 0 Å². The summed E-state index contributed by atoms with van der Waals surface area (Å²) in [6, 6.07) is 9.16. The first-order valence-electron chi connectivity index (χ1n) is 8.58. The molecule has 146 valence electrons. The van der Waals surface area contributed by atoms with Crippen molar-refractivity contribution < 1.29 is 17.9 Å². The van der Waals surface area contributed by atoms with Gasteiger partial charge in [-0.05, 0) is 48.2 Å². The molecule has 8 heteroatoms. The minimum Gasteiger partial charge on any atom is -0.495 e. The minimum atomic E-state index is -4.06. The van der Waals surface area contributed by atoms with Crippen molar-refractivity contribution >= 4 is 31.9 Å². The van der Waals surface area contributed by atoms with Crippen LogP contribution in [-0.2, 0) is 16.4 Å². The Morgan fingerprint density at radius 3 is 2.79 bits per heavy atom. The number of rotatable bonds is 5. The quantitative estimate of drug-likeness (QED) is 0.669. The van der Waals surface area contributed by atoms with Crippen LogP contribution in [0.25, 0.3) is 0 Å². The SMILES string of the molecule is C#CC(NS(=O)(=O)c1cc2c(cc1OC)CCCNC2=O)c1cccc(Br)c1. The number of hydrogen-bond donors (Lipinski definition) is 2. The van der Waals surface area contributed by atoms with E-state index in [0.717, 1.165) is 16.5 Å². The Morgan fingerprint density at radius 1 is 1.32 bits per heavy atom. The maximum absolute atomic E-state index is 13.1. The standard InChI is InChI=1S/C20H19BrN2O4S/c1-3-17(14-6-4-8-15(21)10-14)23-28(25,26)19-12-16-13(11-18(19)27-2)7-5-9-22-20(16)24/h1,4,6,8,10-12,17,23H,5,7,9H2,2H3,(H,22,24). The molecule has 1 heterocycles. The Morgan fingerprint density at radius 2 is 2.11 bits per heavy atom. The lowest BCUT2D eigenvalue weighted by molar-refractivity contribution is 0.0956. The Labute approximate surface area is 172 Å². The van der Waals surface area contributed by atoms with Crippen molar-refractivity contribution in [3.8, 4) is 18.1 Å². The molecule has 2 N–H and O–H groups in total. The molecule has 1 unspecified atom stereocenters. The Kier molecular flexibility index (Phi) is 6.08. The Hall–Kier alpha value is -2.34.